The molecule has 3 N–H and O–H groups in total. The Kier molecular flexibility index (Phi) is 9.96. The molecule has 2 saturated heterocycles. The van der Waals surface area contributed by atoms with Crippen molar-refractivity contribution >= 4 is 35.5 Å². The van der Waals surface area contributed by atoms with E-state index in [4.69, 9.17) is 25.2 Å². The molecule has 0 saturated carbocycles. The van der Waals surface area contributed by atoms with Crippen molar-refractivity contribution in [1.29, 1.82) is 5.26 Å². The fourth-order valence-electron chi connectivity index (χ4n) is 4.63. The summed E-state index contributed by atoms with van der Waals surface area (Å²) in [6.45, 7) is 3.34. The molecule has 3 amide bonds. The number of aryl methyl sites for hydroxylation is 1. The summed E-state index contributed by atoms with van der Waals surface area (Å²) in [4.78, 5) is 48.3. The van der Waals surface area contributed by atoms with E-state index in [1.165, 1.54) is 17.2 Å². The standard InChI is InChI=1S/C21H21N7O4.C6H12O2/c22-8-15-9-24-18(7-16(15)23)26-21(31)28-3-1-2-13-6-14(17(11-29)25-20(13)28)10-27-4-5-32-12-19(27)30;1-7-6-2-4-8-5-3-6/h6-7,9,11H,1-5,10,12H2,(H3,23,24,26,31);6H,2-5H2,1H3. The van der Waals surface area contributed by atoms with E-state index < -0.39 is 6.03 Å². The molecule has 2 aromatic heterocycles. The Morgan fingerprint density at radius 3 is 2.73 bits per heavy atom. The summed E-state index contributed by atoms with van der Waals surface area (Å²) in [5.41, 5.74) is 7.86. The molecule has 3 aliphatic rings. The fraction of sp³-hybridized carbons (Fsp3) is 0.481. The SMILES string of the molecule is COC1CCOCC1.N#Cc1cnc(NC(=O)N2CCCc3cc(CN4CCOCC4=O)c(C=O)nc32)cc1N. The molecule has 0 spiro atoms. The maximum Gasteiger partial charge on any atom is 0.328 e. The second kappa shape index (κ2) is 13.8. The van der Waals surface area contributed by atoms with Crippen LogP contribution in [0.15, 0.2) is 18.3 Å². The number of fused-ring (bicyclic) bond motifs is 1. The Morgan fingerprint density at radius 1 is 1.27 bits per heavy atom. The van der Waals surface area contributed by atoms with Crippen molar-refractivity contribution in [2.75, 3.05) is 62.6 Å². The monoisotopic (exact) mass is 551 g/mol. The number of carbonyl (C=O) groups is 3. The number of anilines is 3. The van der Waals surface area contributed by atoms with Crippen LogP contribution in [0.4, 0.5) is 22.1 Å². The molecule has 0 atom stereocenters. The number of methoxy groups -OCH3 is 1. The van der Waals surface area contributed by atoms with E-state index >= 15 is 0 Å². The first-order chi connectivity index (χ1) is 19.4. The first-order valence-electron chi connectivity index (χ1n) is 13.1. The third-order valence-electron chi connectivity index (χ3n) is 6.87. The number of nitrogens with two attached hydrogens (primary N) is 1. The highest BCUT2D eigenvalue weighted by atomic mass is 16.5. The molecule has 13 heteroatoms. The van der Waals surface area contributed by atoms with E-state index in [0.29, 0.717) is 56.3 Å². The largest absolute Gasteiger partial charge is 0.398 e. The summed E-state index contributed by atoms with van der Waals surface area (Å²) in [7, 11) is 1.76. The lowest BCUT2D eigenvalue weighted by molar-refractivity contribution is -0.143. The quantitative estimate of drug-likeness (QED) is 0.523. The van der Waals surface area contributed by atoms with Gasteiger partial charge in [-0.2, -0.15) is 5.26 Å². The molecule has 5 rings (SSSR count). The van der Waals surface area contributed by atoms with Crippen LogP contribution < -0.4 is 16.0 Å². The number of carbonyl (C=O) groups excluding carboxylic acids is 3. The van der Waals surface area contributed by atoms with Gasteiger partial charge >= 0.3 is 6.03 Å². The predicted molar refractivity (Wildman–Crippen MR) is 145 cm³/mol. The van der Waals surface area contributed by atoms with Gasteiger partial charge in [0.25, 0.3) is 0 Å². The van der Waals surface area contributed by atoms with E-state index in [9.17, 15) is 14.4 Å². The summed E-state index contributed by atoms with van der Waals surface area (Å²) in [6.07, 6.45) is 5.92. The van der Waals surface area contributed by atoms with Gasteiger partial charge in [0.05, 0.1) is 24.0 Å². The van der Waals surface area contributed by atoms with Crippen molar-refractivity contribution in [3.8, 4) is 6.07 Å². The van der Waals surface area contributed by atoms with E-state index in [2.05, 4.69) is 15.3 Å². The average Bonchev–Trinajstić information content (AvgIpc) is 2.98. The van der Waals surface area contributed by atoms with E-state index in [1.807, 2.05) is 12.1 Å². The summed E-state index contributed by atoms with van der Waals surface area (Å²) < 4.78 is 15.4. The molecule has 2 fully saturated rings. The molecule has 0 radical (unpaired) electrons. The molecule has 0 aromatic carbocycles. The number of hydrogen-bond acceptors (Lipinski definition) is 10. The summed E-state index contributed by atoms with van der Waals surface area (Å²) in [5.74, 6) is 0.465. The van der Waals surface area contributed by atoms with E-state index in [1.54, 1.807) is 12.0 Å². The molecule has 5 heterocycles. The number of nitrogen functional groups attached to an aromatic ring is 1. The van der Waals surface area contributed by atoms with Gasteiger partial charge in [-0.25, -0.2) is 14.8 Å². The smallest absolute Gasteiger partial charge is 0.328 e. The number of urea groups is 1. The Morgan fingerprint density at radius 2 is 2.08 bits per heavy atom. The number of ether oxygens (including phenoxy) is 3. The number of rotatable bonds is 5. The highest BCUT2D eigenvalue weighted by molar-refractivity contribution is 6.01. The maximum absolute atomic E-state index is 12.9. The molecule has 2 aromatic rings. The number of aromatic nitrogens is 2. The van der Waals surface area contributed by atoms with Crippen LogP contribution in [0.25, 0.3) is 0 Å². The second-order valence-corrected chi connectivity index (χ2v) is 9.50. The van der Waals surface area contributed by atoms with Gasteiger partial charge in [0, 0.05) is 57.8 Å². The lowest BCUT2D eigenvalue weighted by Crippen LogP contribution is -2.42. The van der Waals surface area contributed by atoms with Crippen molar-refractivity contribution < 1.29 is 28.6 Å². The third-order valence-corrected chi connectivity index (χ3v) is 6.87. The fourth-order valence-corrected chi connectivity index (χ4v) is 4.63. The number of aldehydes is 1. The zero-order valence-electron chi connectivity index (χ0n) is 22.4. The van der Waals surface area contributed by atoms with Crippen LogP contribution in [-0.4, -0.2) is 85.8 Å². The van der Waals surface area contributed by atoms with Gasteiger partial charge in [-0.3, -0.25) is 19.8 Å². The molecule has 0 aliphatic carbocycles. The average molecular weight is 552 g/mol. The van der Waals surface area contributed by atoms with Crippen molar-refractivity contribution in [2.24, 2.45) is 0 Å². The minimum Gasteiger partial charge on any atom is -0.398 e. The summed E-state index contributed by atoms with van der Waals surface area (Å²) in [5, 5.41) is 11.6. The molecule has 0 unspecified atom stereocenters. The normalized spacial score (nSPS) is 17.2. The molecule has 0 bridgehead atoms. The number of nitrogens with one attached hydrogen (secondary N) is 1. The number of amides is 3. The van der Waals surface area contributed by atoms with Gasteiger partial charge < -0.3 is 24.8 Å². The zero-order valence-corrected chi connectivity index (χ0v) is 22.4. The van der Waals surface area contributed by atoms with Crippen LogP contribution in [0.5, 0.6) is 0 Å². The minimum absolute atomic E-state index is 0.0244. The van der Waals surface area contributed by atoms with Crippen LogP contribution in [-0.2, 0) is 32.0 Å². The van der Waals surface area contributed by atoms with Crippen LogP contribution >= 0.6 is 0 Å². The van der Waals surface area contributed by atoms with E-state index in [0.717, 1.165) is 31.6 Å². The minimum atomic E-state index is -0.469. The van der Waals surface area contributed by atoms with Crippen molar-refractivity contribution in [1.82, 2.24) is 14.9 Å². The Hall–Kier alpha value is -4.12. The van der Waals surface area contributed by atoms with Crippen molar-refractivity contribution in [3.63, 3.8) is 0 Å². The molecular weight excluding hydrogens is 518 g/mol. The third kappa shape index (κ3) is 7.09. The predicted octanol–water partition coefficient (Wildman–Crippen LogP) is 1.90. The number of morpholine rings is 1. The molecule has 40 heavy (non-hydrogen) atoms. The van der Waals surface area contributed by atoms with Gasteiger partial charge in [0.2, 0.25) is 5.91 Å². The Balaban J connectivity index is 0.000000398. The lowest BCUT2D eigenvalue weighted by atomic mass is 10.0. The van der Waals surface area contributed by atoms with Crippen molar-refractivity contribution in [2.45, 2.75) is 38.3 Å². The van der Waals surface area contributed by atoms with Gasteiger partial charge in [-0.15, -0.1) is 0 Å². The van der Waals surface area contributed by atoms with E-state index in [-0.39, 0.29) is 41.8 Å². The number of hydrogen-bond donors (Lipinski definition) is 2. The second-order valence-electron chi connectivity index (χ2n) is 9.50. The summed E-state index contributed by atoms with van der Waals surface area (Å²) in [6, 6.07) is 4.70. The highest BCUT2D eigenvalue weighted by Crippen LogP contribution is 2.28. The Bertz CT molecular complexity index is 1270. The topological polar surface area (TPSA) is 173 Å². The molecule has 3 aliphatic heterocycles. The number of nitrogens with zero attached hydrogens (tertiary/aromatic N) is 5. The number of pyridine rings is 2. The highest BCUT2D eigenvalue weighted by Gasteiger charge is 2.27. The van der Waals surface area contributed by atoms with Crippen LogP contribution in [0.3, 0.4) is 0 Å². The van der Waals surface area contributed by atoms with Gasteiger partial charge in [-0.05, 0) is 37.3 Å². The molecule has 13 nitrogen and oxygen atoms in total. The maximum atomic E-state index is 12.9. The van der Waals surface area contributed by atoms with Gasteiger partial charge in [-0.1, -0.05) is 0 Å². The first-order valence-corrected chi connectivity index (χ1v) is 13.1. The number of nitriles is 1. The van der Waals surface area contributed by atoms with Crippen LogP contribution in [0, 0.1) is 11.3 Å². The van der Waals surface area contributed by atoms with Crippen LogP contribution in [0.2, 0.25) is 0 Å². The van der Waals surface area contributed by atoms with Gasteiger partial charge in [0.1, 0.15) is 30.0 Å². The molecular formula is C27H33N7O6. The molecule has 212 valence electrons. The summed E-state index contributed by atoms with van der Waals surface area (Å²) >= 11 is 0. The zero-order chi connectivity index (χ0) is 28.5. The van der Waals surface area contributed by atoms with Crippen molar-refractivity contribution in [3.05, 3.63) is 40.7 Å². The first kappa shape index (κ1) is 28.9. The van der Waals surface area contributed by atoms with Crippen LogP contribution in [0.1, 0.15) is 46.4 Å². The Labute approximate surface area is 232 Å². The van der Waals surface area contributed by atoms with Gasteiger partial charge in [0.15, 0.2) is 6.29 Å². The lowest BCUT2D eigenvalue weighted by Gasteiger charge is -2.30.